The van der Waals surface area contributed by atoms with Crippen LogP contribution in [-0.4, -0.2) is 54.7 Å². The van der Waals surface area contributed by atoms with Crippen molar-refractivity contribution in [1.29, 1.82) is 0 Å². The molecule has 3 aromatic rings. The lowest BCUT2D eigenvalue weighted by Crippen LogP contribution is -2.38. The molecule has 1 N–H and O–H groups in total. The summed E-state index contributed by atoms with van der Waals surface area (Å²) >= 11 is 2.99. The molecule has 0 spiro atoms. The Kier molecular flexibility index (Phi) is 7.11. The van der Waals surface area contributed by atoms with E-state index in [9.17, 15) is 4.79 Å². The molecule has 32 heavy (non-hydrogen) atoms. The van der Waals surface area contributed by atoms with Gasteiger partial charge in [-0.25, -0.2) is 14.5 Å². The zero-order valence-corrected chi connectivity index (χ0v) is 21.0. The van der Waals surface area contributed by atoms with Gasteiger partial charge in [-0.05, 0) is 50.3 Å². The molecule has 172 valence electrons. The SMILES string of the molecule is CSc1nc2nc(C)c(CCC(=O)Nc3nc(CN4C[C@H](C)C[C@@H](C)C4)cs3)c(C)n2n1. The lowest BCUT2D eigenvalue weighted by atomic mass is 9.92. The standard InChI is InChI=1S/C22H31N7OS2/c1-13-8-14(2)10-28(9-13)11-17-12-32-21(24-17)25-19(30)7-6-18-15(3)23-20-26-22(31-5)27-29(20)16(18)4/h12-14H,6-11H2,1-5H3,(H,24,25,30)/t13-,14-/m1/s1. The third kappa shape index (κ3) is 5.29. The van der Waals surface area contributed by atoms with Crippen LogP contribution in [0.5, 0.6) is 0 Å². The van der Waals surface area contributed by atoms with E-state index >= 15 is 0 Å². The van der Waals surface area contributed by atoms with Crippen molar-refractivity contribution in [2.75, 3.05) is 24.7 Å². The summed E-state index contributed by atoms with van der Waals surface area (Å²) in [5, 5.41) is 10.9. The first-order valence-corrected chi connectivity index (χ1v) is 13.2. The largest absolute Gasteiger partial charge is 0.302 e. The Bertz CT molecular complexity index is 1100. The van der Waals surface area contributed by atoms with Crippen molar-refractivity contribution in [3.63, 3.8) is 0 Å². The van der Waals surface area contributed by atoms with Gasteiger partial charge in [0, 0.05) is 42.8 Å². The van der Waals surface area contributed by atoms with Crippen LogP contribution >= 0.6 is 23.1 Å². The van der Waals surface area contributed by atoms with Crippen LogP contribution in [0.4, 0.5) is 5.13 Å². The maximum atomic E-state index is 12.6. The Morgan fingerprint density at radius 3 is 2.69 bits per heavy atom. The van der Waals surface area contributed by atoms with Crippen LogP contribution in [0.3, 0.4) is 0 Å². The van der Waals surface area contributed by atoms with Gasteiger partial charge in [0.2, 0.25) is 11.1 Å². The number of thiazole rings is 1. The number of aromatic nitrogens is 5. The van der Waals surface area contributed by atoms with Crippen LogP contribution in [0.15, 0.2) is 10.5 Å². The summed E-state index contributed by atoms with van der Waals surface area (Å²) < 4.78 is 1.77. The Balaban J connectivity index is 1.35. The highest BCUT2D eigenvalue weighted by Crippen LogP contribution is 2.24. The van der Waals surface area contributed by atoms with E-state index < -0.39 is 0 Å². The topological polar surface area (TPSA) is 88.3 Å². The summed E-state index contributed by atoms with van der Waals surface area (Å²) in [6, 6.07) is 0. The van der Waals surface area contributed by atoms with Gasteiger partial charge in [-0.3, -0.25) is 9.69 Å². The predicted octanol–water partition coefficient (Wildman–Crippen LogP) is 3.97. The number of rotatable bonds is 7. The molecular formula is C22H31N7OS2. The van der Waals surface area contributed by atoms with Crippen LogP contribution in [0, 0.1) is 25.7 Å². The smallest absolute Gasteiger partial charge is 0.253 e. The molecule has 4 heterocycles. The Hall–Kier alpha value is -2.04. The number of aryl methyl sites for hydroxylation is 2. The molecular weight excluding hydrogens is 442 g/mol. The maximum absolute atomic E-state index is 12.6. The van der Waals surface area contributed by atoms with E-state index in [2.05, 4.69) is 49.5 Å². The van der Waals surface area contributed by atoms with Crippen molar-refractivity contribution >= 4 is 39.9 Å². The van der Waals surface area contributed by atoms with Gasteiger partial charge in [-0.1, -0.05) is 25.6 Å². The summed E-state index contributed by atoms with van der Waals surface area (Å²) in [6.45, 7) is 11.7. The van der Waals surface area contributed by atoms with Crippen molar-refractivity contribution in [2.45, 2.75) is 58.7 Å². The molecule has 4 rings (SSSR count). The average molecular weight is 474 g/mol. The van der Waals surface area contributed by atoms with Gasteiger partial charge in [-0.2, -0.15) is 4.98 Å². The van der Waals surface area contributed by atoms with E-state index in [0.29, 0.717) is 28.9 Å². The first-order valence-electron chi connectivity index (χ1n) is 11.1. The van der Waals surface area contributed by atoms with Crippen molar-refractivity contribution in [3.8, 4) is 0 Å². The normalized spacial score (nSPS) is 19.5. The number of hydrogen-bond acceptors (Lipinski definition) is 8. The highest BCUT2D eigenvalue weighted by atomic mass is 32.2. The van der Waals surface area contributed by atoms with Gasteiger partial charge in [0.15, 0.2) is 5.13 Å². The third-order valence-corrected chi connectivity index (χ3v) is 7.29. The van der Waals surface area contributed by atoms with E-state index in [4.69, 9.17) is 0 Å². The van der Waals surface area contributed by atoms with Gasteiger partial charge in [0.1, 0.15) is 0 Å². The molecule has 0 unspecified atom stereocenters. The Labute approximate surface area is 197 Å². The summed E-state index contributed by atoms with van der Waals surface area (Å²) in [4.78, 5) is 28.7. The number of likely N-dealkylation sites (tertiary alicyclic amines) is 1. The number of amides is 1. The van der Waals surface area contributed by atoms with Crippen LogP contribution in [0.25, 0.3) is 5.78 Å². The molecule has 1 fully saturated rings. The van der Waals surface area contributed by atoms with Gasteiger partial charge < -0.3 is 5.32 Å². The number of piperidine rings is 1. The summed E-state index contributed by atoms with van der Waals surface area (Å²) in [6.07, 6.45) is 4.21. The minimum Gasteiger partial charge on any atom is -0.302 e. The first-order chi connectivity index (χ1) is 15.3. The number of fused-ring (bicyclic) bond motifs is 1. The van der Waals surface area contributed by atoms with Gasteiger partial charge >= 0.3 is 0 Å². The van der Waals surface area contributed by atoms with E-state index in [1.54, 1.807) is 4.52 Å². The predicted molar refractivity (Wildman–Crippen MR) is 129 cm³/mol. The number of nitrogens with zero attached hydrogens (tertiary/aromatic N) is 6. The molecule has 2 atom stereocenters. The fourth-order valence-corrected chi connectivity index (χ4v) is 5.70. The Morgan fingerprint density at radius 1 is 1.22 bits per heavy atom. The number of thioether (sulfide) groups is 1. The second-order valence-corrected chi connectivity index (χ2v) is 10.5. The van der Waals surface area contributed by atoms with Crippen molar-refractivity contribution < 1.29 is 4.79 Å². The third-order valence-electron chi connectivity index (χ3n) is 5.94. The van der Waals surface area contributed by atoms with Crippen LogP contribution in [-0.2, 0) is 17.8 Å². The molecule has 0 saturated carbocycles. The van der Waals surface area contributed by atoms with E-state index in [0.717, 1.165) is 54.1 Å². The molecule has 1 saturated heterocycles. The lowest BCUT2D eigenvalue weighted by Gasteiger charge is -2.34. The monoisotopic (exact) mass is 473 g/mol. The molecule has 3 aromatic heterocycles. The highest BCUT2D eigenvalue weighted by molar-refractivity contribution is 7.98. The minimum atomic E-state index is -0.0339. The molecule has 1 aliphatic rings. The summed E-state index contributed by atoms with van der Waals surface area (Å²) in [5.41, 5.74) is 3.95. The molecule has 8 nitrogen and oxygen atoms in total. The van der Waals surface area contributed by atoms with Crippen molar-refractivity contribution in [1.82, 2.24) is 29.5 Å². The fraction of sp³-hybridized carbons (Fsp3) is 0.591. The van der Waals surface area contributed by atoms with Gasteiger partial charge in [0.25, 0.3) is 5.78 Å². The number of hydrogen-bond donors (Lipinski definition) is 1. The molecule has 0 radical (unpaired) electrons. The van der Waals surface area contributed by atoms with E-state index in [1.165, 1.54) is 29.5 Å². The van der Waals surface area contributed by atoms with E-state index in [-0.39, 0.29) is 5.91 Å². The summed E-state index contributed by atoms with van der Waals surface area (Å²) in [7, 11) is 0. The van der Waals surface area contributed by atoms with Gasteiger partial charge in [0.05, 0.1) is 5.69 Å². The maximum Gasteiger partial charge on any atom is 0.253 e. The Morgan fingerprint density at radius 2 is 1.97 bits per heavy atom. The first kappa shape index (κ1) is 23.1. The number of nitrogens with one attached hydrogen (secondary N) is 1. The highest BCUT2D eigenvalue weighted by Gasteiger charge is 2.22. The molecule has 1 amide bonds. The van der Waals surface area contributed by atoms with Crippen LogP contribution in [0.2, 0.25) is 0 Å². The molecule has 0 bridgehead atoms. The molecule has 0 aromatic carbocycles. The number of anilines is 1. The number of carbonyl (C=O) groups excluding carboxylic acids is 1. The number of carbonyl (C=O) groups is 1. The van der Waals surface area contributed by atoms with Gasteiger partial charge in [-0.15, -0.1) is 16.4 Å². The zero-order chi connectivity index (χ0) is 22.8. The average Bonchev–Trinajstić information content (AvgIpc) is 3.33. The van der Waals surface area contributed by atoms with Crippen LogP contribution in [0.1, 0.15) is 49.3 Å². The fourth-order valence-electron chi connectivity index (χ4n) is 4.65. The molecule has 10 heteroatoms. The lowest BCUT2D eigenvalue weighted by molar-refractivity contribution is -0.116. The van der Waals surface area contributed by atoms with Crippen molar-refractivity contribution in [2.24, 2.45) is 11.8 Å². The molecule has 0 aliphatic carbocycles. The molecule has 1 aliphatic heterocycles. The van der Waals surface area contributed by atoms with E-state index in [1.807, 2.05) is 20.1 Å². The quantitative estimate of drug-likeness (QED) is 0.520. The summed E-state index contributed by atoms with van der Waals surface area (Å²) in [5.74, 6) is 2.02. The van der Waals surface area contributed by atoms with Crippen LogP contribution < -0.4 is 5.32 Å². The zero-order valence-electron chi connectivity index (χ0n) is 19.4. The minimum absolute atomic E-state index is 0.0339. The second kappa shape index (κ2) is 9.84. The second-order valence-electron chi connectivity index (χ2n) is 8.90. The van der Waals surface area contributed by atoms with Crippen molar-refractivity contribution in [3.05, 3.63) is 28.0 Å².